The second kappa shape index (κ2) is 8.43. The van der Waals surface area contributed by atoms with Gasteiger partial charge in [-0.1, -0.05) is 41.4 Å². The van der Waals surface area contributed by atoms with E-state index in [0.717, 1.165) is 49.3 Å². The van der Waals surface area contributed by atoms with Crippen molar-refractivity contribution < 1.29 is 4.79 Å². The molecule has 1 atom stereocenters. The number of anilines is 1. The van der Waals surface area contributed by atoms with E-state index in [0.29, 0.717) is 10.0 Å². The predicted molar refractivity (Wildman–Crippen MR) is 109 cm³/mol. The third kappa shape index (κ3) is 4.59. The maximum atomic E-state index is 12.8. The van der Waals surface area contributed by atoms with Crippen LogP contribution in [0.3, 0.4) is 0 Å². The number of rotatable bonds is 4. The van der Waals surface area contributed by atoms with Crippen molar-refractivity contribution in [2.75, 3.05) is 18.4 Å². The molecule has 0 saturated carbocycles. The lowest BCUT2D eigenvalue weighted by atomic mass is 9.96. The Labute approximate surface area is 165 Å². The number of hydrogen-bond donors (Lipinski definition) is 1. The molecule has 1 saturated heterocycles. The van der Waals surface area contributed by atoms with Gasteiger partial charge in [-0.3, -0.25) is 9.69 Å². The molecular formula is C21H24Cl2N2O. The van der Waals surface area contributed by atoms with Gasteiger partial charge >= 0.3 is 0 Å². The largest absolute Gasteiger partial charge is 0.326 e. The first-order valence-corrected chi connectivity index (χ1v) is 9.73. The van der Waals surface area contributed by atoms with Crippen molar-refractivity contribution in [3.63, 3.8) is 0 Å². The molecule has 1 fully saturated rings. The number of nitrogens with zero attached hydrogens (tertiary/aromatic N) is 1. The van der Waals surface area contributed by atoms with Crippen molar-refractivity contribution in [3.05, 3.63) is 63.1 Å². The van der Waals surface area contributed by atoms with E-state index >= 15 is 0 Å². The minimum absolute atomic E-state index is 0.00487. The number of likely N-dealkylation sites (tertiary alicyclic amines) is 1. The van der Waals surface area contributed by atoms with Crippen LogP contribution >= 0.6 is 23.2 Å². The highest BCUT2D eigenvalue weighted by Crippen LogP contribution is 2.26. The minimum Gasteiger partial charge on any atom is -0.326 e. The summed E-state index contributed by atoms with van der Waals surface area (Å²) in [6.45, 7) is 6.56. The number of carbonyl (C=O) groups excluding carboxylic acids is 1. The van der Waals surface area contributed by atoms with Crippen LogP contribution in [-0.2, 0) is 11.3 Å². The van der Waals surface area contributed by atoms with E-state index in [1.165, 1.54) is 5.56 Å². The summed E-state index contributed by atoms with van der Waals surface area (Å²) in [7, 11) is 0. The highest BCUT2D eigenvalue weighted by Gasteiger charge is 2.26. The fourth-order valence-corrected chi connectivity index (χ4v) is 3.89. The Hall–Kier alpha value is -1.55. The molecule has 0 radical (unpaired) electrons. The molecule has 2 aromatic carbocycles. The molecule has 0 aromatic heterocycles. The number of halogens is 2. The number of aryl methyl sites for hydroxylation is 1. The average molecular weight is 391 g/mol. The molecule has 3 nitrogen and oxygen atoms in total. The van der Waals surface area contributed by atoms with Gasteiger partial charge in [-0.25, -0.2) is 0 Å². The van der Waals surface area contributed by atoms with Crippen LogP contribution in [0.25, 0.3) is 0 Å². The summed E-state index contributed by atoms with van der Waals surface area (Å²) in [5.74, 6) is 0.0975. The molecule has 1 heterocycles. The molecule has 1 unspecified atom stereocenters. The lowest BCUT2D eigenvalue weighted by Gasteiger charge is -2.32. The monoisotopic (exact) mass is 390 g/mol. The summed E-state index contributed by atoms with van der Waals surface area (Å²) in [6, 6.07) is 11.6. The molecule has 3 rings (SSSR count). The number of hydrogen-bond acceptors (Lipinski definition) is 2. The number of carbonyl (C=O) groups is 1. The average Bonchev–Trinajstić information content (AvgIpc) is 2.61. The van der Waals surface area contributed by atoms with Crippen LogP contribution in [0.15, 0.2) is 36.4 Å². The Morgan fingerprint density at radius 3 is 2.81 bits per heavy atom. The van der Waals surface area contributed by atoms with Crippen molar-refractivity contribution in [2.24, 2.45) is 5.92 Å². The predicted octanol–water partition coefficient (Wildman–Crippen LogP) is 5.46. The van der Waals surface area contributed by atoms with Gasteiger partial charge in [0.2, 0.25) is 5.91 Å². The zero-order chi connectivity index (χ0) is 18.7. The Kier molecular flexibility index (Phi) is 6.23. The quantitative estimate of drug-likeness (QED) is 0.751. The van der Waals surface area contributed by atoms with Crippen LogP contribution in [0, 0.1) is 19.8 Å². The first kappa shape index (κ1) is 19.2. The zero-order valence-electron chi connectivity index (χ0n) is 15.2. The topological polar surface area (TPSA) is 32.3 Å². The van der Waals surface area contributed by atoms with Gasteiger partial charge < -0.3 is 5.32 Å². The van der Waals surface area contributed by atoms with Crippen LogP contribution in [0.4, 0.5) is 5.69 Å². The molecule has 0 aliphatic carbocycles. The van der Waals surface area contributed by atoms with Gasteiger partial charge in [-0.2, -0.15) is 0 Å². The van der Waals surface area contributed by atoms with Gasteiger partial charge in [-0.05, 0) is 68.1 Å². The highest BCUT2D eigenvalue weighted by molar-refractivity contribution is 6.35. The molecule has 26 heavy (non-hydrogen) atoms. The fourth-order valence-electron chi connectivity index (χ4n) is 3.43. The van der Waals surface area contributed by atoms with Gasteiger partial charge in [0.25, 0.3) is 0 Å². The van der Waals surface area contributed by atoms with Gasteiger partial charge in [0.1, 0.15) is 0 Å². The third-order valence-corrected chi connectivity index (χ3v) is 5.73. The molecule has 1 amide bonds. The van der Waals surface area contributed by atoms with E-state index in [2.05, 4.69) is 23.2 Å². The molecule has 1 aliphatic heterocycles. The van der Waals surface area contributed by atoms with E-state index in [-0.39, 0.29) is 11.8 Å². The molecule has 2 aromatic rings. The number of piperidine rings is 1. The molecule has 0 bridgehead atoms. The minimum atomic E-state index is -0.00487. The first-order chi connectivity index (χ1) is 12.4. The molecule has 5 heteroatoms. The molecule has 1 aliphatic rings. The van der Waals surface area contributed by atoms with Gasteiger partial charge in [0.05, 0.1) is 5.92 Å². The van der Waals surface area contributed by atoms with Crippen molar-refractivity contribution in [1.82, 2.24) is 4.90 Å². The van der Waals surface area contributed by atoms with Crippen molar-refractivity contribution in [3.8, 4) is 0 Å². The van der Waals surface area contributed by atoms with Crippen molar-refractivity contribution in [2.45, 2.75) is 33.2 Å². The van der Waals surface area contributed by atoms with Gasteiger partial charge in [-0.15, -0.1) is 0 Å². The van der Waals surface area contributed by atoms with Crippen LogP contribution in [-0.4, -0.2) is 23.9 Å². The van der Waals surface area contributed by atoms with E-state index in [1.807, 2.05) is 31.2 Å². The van der Waals surface area contributed by atoms with E-state index in [1.54, 1.807) is 6.07 Å². The fraction of sp³-hybridized carbons (Fsp3) is 0.381. The summed E-state index contributed by atoms with van der Waals surface area (Å²) >= 11 is 12.3. The number of nitrogens with one attached hydrogen (secondary N) is 1. The van der Waals surface area contributed by atoms with E-state index < -0.39 is 0 Å². The van der Waals surface area contributed by atoms with Crippen LogP contribution in [0.2, 0.25) is 10.0 Å². The number of amides is 1. The summed E-state index contributed by atoms with van der Waals surface area (Å²) < 4.78 is 0. The molecule has 138 valence electrons. The lowest BCUT2D eigenvalue weighted by molar-refractivity contribution is -0.121. The Bertz CT molecular complexity index is 807. The van der Waals surface area contributed by atoms with E-state index in [9.17, 15) is 4.79 Å². The zero-order valence-corrected chi connectivity index (χ0v) is 16.7. The molecular weight excluding hydrogens is 367 g/mol. The summed E-state index contributed by atoms with van der Waals surface area (Å²) in [5, 5.41) is 4.44. The Morgan fingerprint density at radius 1 is 1.23 bits per heavy atom. The van der Waals surface area contributed by atoms with E-state index in [4.69, 9.17) is 23.2 Å². The summed E-state index contributed by atoms with van der Waals surface area (Å²) in [4.78, 5) is 15.1. The number of benzene rings is 2. The molecule has 0 spiro atoms. The standard InChI is InChI=1S/C21H24Cl2N2O/c1-14-5-3-7-20(15(14)2)24-21(26)17-6-4-10-25(13-17)12-16-8-9-18(22)11-19(16)23/h3,5,7-9,11,17H,4,6,10,12-13H2,1-2H3,(H,24,26). The summed E-state index contributed by atoms with van der Waals surface area (Å²) in [5.41, 5.74) is 4.27. The molecule has 1 N–H and O–H groups in total. The second-order valence-corrected chi connectivity index (χ2v) is 7.89. The third-order valence-electron chi connectivity index (χ3n) is 5.15. The first-order valence-electron chi connectivity index (χ1n) is 8.97. The van der Waals surface area contributed by atoms with Crippen LogP contribution in [0.5, 0.6) is 0 Å². The lowest BCUT2D eigenvalue weighted by Crippen LogP contribution is -2.40. The maximum absolute atomic E-state index is 12.8. The normalized spacial score (nSPS) is 17.9. The smallest absolute Gasteiger partial charge is 0.228 e. The second-order valence-electron chi connectivity index (χ2n) is 7.05. The Balaban J connectivity index is 1.64. The van der Waals surface area contributed by atoms with Gasteiger partial charge in [0, 0.05) is 28.8 Å². The maximum Gasteiger partial charge on any atom is 0.228 e. The van der Waals surface area contributed by atoms with Gasteiger partial charge in [0.15, 0.2) is 0 Å². The van der Waals surface area contributed by atoms with Crippen molar-refractivity contribution >= 4 is 34.8 Å². The summed E-state index contributed by atoms with van der Waals surface area (Å²) in [6.07, 6.45) is 1.93. The van der Waals surface area contributed by atoms with Crippen molar-refractivity contribution in [1.29, 1.82) is 0 Å². The SMILES string of the molecule is Cc1cccc(NC(=O)C2CCCN(Cc3ccc(Cl)cc3Cl)C2)c1C. The van der Waals surface area contributed by atoms with Crippen LogP contribution in [0.1, 0.15) is 29.5 Å². The Morgan fingerprint density at radius 2 is 2.04 bits per heavy atom. The van der Waals surface area contributed by atoms with Crippen LogP contribution < -0.4 is 5.32 Å². The highest BCUT2D eigenvalue weighted by atomic mass is 35.5.